The van der Waals surface area contributed by atoms with Gasteiger partial charge in [0.25, 0.3) is 0 Å². The minimum atomic E-state index is -0.133. The number of aryl methyl sites for hydroxylation is 2. The van der Waals surface area contributed by atoms with E-state index in [4.69, 9.17) is 9.98 Å². The summed E-state index contributed by atoms with van der Waals surface area (Å²) in [5.74, 6) is 0.845. The molecule has 1 aromatic carbocycles. The highest BCUT2D eigenvalue weighted by atomic mass is 32.1. The van der Waals surface area contributed by atoms with Crippen LogP contribution in [0.25, 0.3) is 0 Å². The Hall–Kier alpha value is -1.92. The van der Waals surface area contributed by atoms with Gasteiger partial charge in [-0.3, -0.25) is 0 Å². The summed E-state index contributed by atoms with van der Waals surface area (Å²) in [6.45, 7) is 3.50. The van der Waals surface area contributed by atoms with Crippen LogP contribution in [0.3, 0.4) is 0 Å². The third kappa shape index (κ3) is 6.63. The van der Waals surface area contributed by atoms with Crippen molar-refractivity contribution in [2.75, 3.05) is 6.54 Å². The minimum Gasteiger partial charge on any atom is -0.393 e. The highest BCUT2D eigenvalue weighted by molar-refractivity contribution is 7.09. The van der Waals surface area contributed by atoms with Gasteiger partial charge in [0, 0.05) is 24.4 Å². The first-order valence-corrected chi connectivity index (χ1v) is 10.8. The molecule has 0 saturated heterocycles. The van der Waals surface area contributed by atoms with E-state index in [2.05, 4.69) is 53.3 Å². The number of nitrogens with one attached hydrogen (secondary N) is 2. The number of benzene rings is 1. The van der Waals surface area contributed by atoms with E-state index in [1.165, 1.54) is 10.6 Å². The molecule has 3 N–H and O–H groups in total. The number of guanidine groups is 1. The summed E-state index contributed by atoms with van der Waals surface area (Å²) in [5, 5.41) is 19.8. The quantitative estimate of drug-likeness (QED) is 0.504. The summed E-state index contributed by atoms with van der Waals surface area (Å²) in [6, 6.07) is 10.9. The fraction of sp³-hybridized carbons (Fsp3) is 0.524. The molecule has 1 fully saturated rings. The number of aliphatic imine (C=N–C) groups is 1. The molecular weight excluding hydrogens is 356 g/mol. The van der Waals surface area contributed by atoms with Crippen molar-refractivity contribution in [3.8, 4) is 0 Å². The summed E-state index contributed by atoms with van der Waals surface area (Å²) in [7, 11) is 0. The van der Waals surface area contributed by atoms with Crippen LogP contribution in [0.15, 0.2) is 40.7 Å². The molecule has 5 nitrogen and oxygen atoms in total. The molecule has 27 heavy (non-hydrogen) atoms. The van der Waals surface area contributed by atoms with Crippen LogP contribution >= 0.6 is 11.3 Å². The van der Waals surface area contributed by atoms with Crippen molar-refractivity contribution in [1.29, 1.82) is 0 Å². The smallest absolute Gasteiger partial charge is 0.191 e. The van der Waals surface area contributed by atoms with Gasteiger partial charge in [0.2, 0.25) is 0 Å². The van der Waals surface area contributed by atoms with Gasteiger partial charge >= 0.3 is 0 Å². The van der Waals surface area contributed by atoms with Gasteiger partial charge < -0.3 is 15.7 Å². The van der Waals surface area contributed by atoms with E-state index in [9.17, 15) is 5.11 Å². The zero-order valence-electron chi connectivity index (χ0n) is 16.0. The van der Waals surface area contributed by atoms with Gasteiger partial charge in [-0.2, -0.15) is 0 Å². The van der Waals surface area contributed by atoms with Crippen LogP contribution < -0.4 is 10.6 Å². The third-order valence-electron chi connectivity index (χ3n) is 4.85. The maximum atomic E-state index is 9.65. The van der Waals surface area contributed by atoms with Crippen LogP contribution in [0.4, 0.5) is 0 Å². The molecule has 0 atom stereocenters. The summed E-state index contributed by atoms with van der Waals surface area (Å²) in [4.78, 5) is 9.44. The number of aliphatic hydroxyl groups excluding tert-OH is 1. The number of thiazole rings is 1. The number of aliphatic hydroxyl groups is 1. The highest BCUT2D eigenvalue weighted by Gasteiger charge is 2.19. The Bertz CT molecular complexity index is 708. The van der Waals surface area contributed by atoms with Gasteiger partial charge in [0.1, 0.15) is 0 Å². The Morgan fingerprint density at radius 2 is 1.96 bits per heavy atom. The first kappa shape index (κ1) is 19.8. The molecule has 1 heterocycles. The van der Waals surface area contributed by atoms with Gasteiger partial charge in [-0.15, -0.1) is 11.3 Å². The molecule has 1 aromatic heterocycles. The van der Waals surface area contributed by atoms with Gasteiger partial charge in [-0.05, 0) is 44.6 Å². The largest absolute Gasteiger partial charge is 0.393 e. The molecule has 0 aliphatic heterocycles. The van der Waals surface area contributed by atoms with E-state index < -0.39 is 0 Å². The fourth-order valence-corrected chi connectivity index (χ4v) is 4.12. The lowest BCUT2D eigenvalue weighted by molar-refractivity contribution is 0.120. The Kier molecular flexibility index (Phi) is 7.66. The van der Waals surface area contributed by atoms with Gasteiger partial charge in [-0.25, -0.2) is 9.98 Å². The second kappa shape index (κ2) is 10.4. The molecule has 6 heteroatoms. The zero-order valence-corrected chi connectivity index (χ0v) is 16.8. The molecule has 1 aliphatic rings. The van der Waals surface area contributed by atoms with E-state index in [1.807, 2.05) is 0 Å². The highest BCUT2D eigenvalue weighted by Crippen LogP contribution is 2.18. The van der Waals surface area contributed by atoms with Crippen molar-refractivity contribution in [2.24, 2.45) is 4.99 Å². The zero-order chi connectivity index (χ0) is 18.9. The molecule has 1 aliphatic carbocycles. The molecule has 1 saturated carbocycles. The van der Waals surface area contributed by atoms with Gasteiger partial charge in [-0.1, -0.05) is 30.3 Å². The molecule has 0 amide bonds. The average molecular weight is 387 g/mol. The predicted octanol–water partition coefficient (Wildman–Crippen LogP) is 3.29. The Balaban J connectivity index is 1.50. The fourth-order valence-electron chi connectivity index (χ4n) is 3.33. The van der Waals surface area contributed by atoms with Crippen molar-refractivity contribution in [2.45, 2.75) is 64.1 Å². The monoisotopic (exact) mass is 386 g/mol. The van der Waals surface area contributed by atoms with Crippen molar-refractivity contribution in [1.82, 2.24) is 15.6 Å². The van der Waals surface area contributed by atoms with Crippen LogP contribution in [0.5, 0.6) is 0 Å². The van der Waals surface area contributed by atoms with E-state index in [0.717, 1.165) is 56.7 Å². The van der Waals surface area contributed by atoms with Crippen LogP contribution in [-0.2, 0) is 19.4 Å². The SMILES string of the molecule is CCNC(=NCc1csc(CCc2ccccc2)n1)NC1CCC(O)CC1. The maximum absolute atomic E-state index is 9.65. The third-order valence-corrected chi connectivity index (χ3v) is 5.81. The second-order valence-corrected chi connectivity index (χ2v) is 8.01. The lowest BCUT2D eigenvalue weighted by Gasteiger charge is -2.27. The van der Waals surface area contributed by atoms with E-state index in [1.54, 1.807) is 11.3 Å². The van der Waals surface area contributed by atoms with E-state index >= 15 is 0 Å². The standard InChI is InChI=1S/C21H30N4OS/c1-2-22-21(25-17-9-11-19(26)12-10-17)23-14-18-15-27-20(24-18)13-8-16-6-4-3-5-7-16/h3-7,15,17,19,26H,2,8-14H2,1H3,(H2,22,23,25). The lowest BCUT2D eigenvalue weighted by Crippen LogP contribution is -2.45. The maximum Gasteiger partial charge on any atom is 0.191 e. The Morgan fingerprint density at radius 1 is 1.19 bits per heavy atom. The summed E-state index contributed by atoms with van der Waals surface area (Å²) in [6.07, 6.45) is 5.59. The molecule has 0 radical (unpaired) electrons. The van der Waals surface area contributed by atoms with Crippen molar-refractivity contribution < 1.29 is 5.11 Å². The first-order valence-electron chi connectivity index (χ1n) is 9.93. The molecular formula is C21H30N4OS. The number of aromatic nitrogens is 1. The Labute approximate surface area is 166 Å². The van der Waals surface area contributed by atoms with Crippen molar-refractivity contribution in [3.63, 3.8) is 0 Å². The summed E-state index contributed by atoms with van der Waals surface area (Å²) < 4.78 is 0. The topological polar surface area (TPSA) is 69.5 Å². The number of hydrogen-bond donors (Lipinski definition) is 3. The Morgan fingerprint density at radius 3 is 2.70 bits per heavy atom. The van der Waals surface area contributed by atoms with Crippen molar-refractivity contribution in [3.05, 3.63) is 52.0 Å². The number of nitrogens with zero attached hydrogens (tertiary/aromatic N) is 2. The molecule has 3 rings (SSSR count). The van der Waals surface area contributed by atoms with Crippen LogP contribution in [0.2, 0.25) is 0 Å². The molecule has 0 unspecified atom stereocenters. The summed E-state index contributed by atoms with van der Waals surface area (Å²) >= 11 is 1.72. The van der Waals surface area contributed by atoms with Crippen LogP contribution in [0.1, 0.15) is 48.9 Å². The average Bonchev–Trinajstić information content (AvgIpc) is 3.15. The predicted molar refractivity (Wildman–Crippen MR) is 112 cm³/mol. The van der Waals surface area contributed by atoms with Crippen LogP contribution in [-0.4, -0.2) is 34.7 Å². The van der Waals surface area contributed by atoms with Gasteiger partial charge in [0.15, 0.2) is 5.96 Å². The lowest BCUT2D eigenvalue weighted by atomic mass is 9.93. The number of hydrogen-bond acceptors (Lipinski definition) is 4. The molecule has 2 aromatic rings. The molecule has 0 bridgehead atoms. The number of rotatable bonds is 7. The van der Waals surface area contributed by atoms with Gasteiger partial charge in [0.05, 0.1) is 23.4 Å². The first-order chi connectivity index (χ1) is 13.2. The van der Waals surface area contributed by atoms with Crippen molar-refractivity contribution >= 4 is 17.3 Å². The van der Waals surface area contributed by atoms with E-state index in [-0.39, 0.29) is 6.10 Å². The van der Waals surface area contributed by atoms with Crippen LogP contribution in [0, 0.1) is 0 Å². The molecule has 146 valence electrons. The van der Waals surface area contributed by atoms with E-state index in [0.29, 0.717) is 12.6 Å². The normalized spacial score (nSPS) is 20.4. The molecule has 0 spiro atoms. The summed E-state index contributed by atoms with van der Waals surface area (Å²) in [5.41, 5.74) is 2.38. The second-order valence-electron chi connectivity index (χ2n) is 7.06. The minimum absolute atomic E-state index is 0.133.